The second-order valence-corrected chi connectivity index (χ2v) is 5.07. The number of benzene rings is 2. The molecule has 0 amide bonds. The molecule has 3 aromatic rings. The maximum atomic E-state index is 12.0. The molecule has 1 heterocycles. The van der Waals surface area contributed by atoms with E-state index in [0.29, 0.717) is 28.5 Å². The molecule has 2 N–H and O–H groups in total. The summed E-state index contributed by atoms with van der Waals surface area (Å²) < 4.78 is 10.4. The monoisotopic (exact) mass is 324 g/mol. The highest BCUT2D eigenvalue weighted by Crippen LogP contribution is 2.33. The lowest BCUT2D eigenvalue weighted by molar-refractivity contribution is 0.373. The molecule has 0 bridgehead atoms. The number of rotatable bonds is 4. The van der Waals surface area contributed by atoms with Gasteiger partial charge >= 0.3 is 5.69 Å². The third-order valence-electron chi connectivity index (χ3n) is 3.62. The Balaban J connectivity index is 2.15. The van der Waals surface area contributed by atoms with Gasteiger partial charge in [0.25, 0.3) is 0 Å². The second kappa shape index (κ2) is 6.45. The van der Waals surface area contributed by atoms with Crippen LogP contribution in [-0.4, -0.2) is 29.3 Å². The van der Waals surface area contributed by atoms with Gasteiger partial charge < -0.3 is 19.6 Å². The van der Waals surface area contributed by atoms with Crippen molar-refractivity contribution in [3.63, 3.8) is 0 Å². The van der Waals surface area contributed by atoms with Gasteiger partial charge in [-0.25, -0.2) is 4.79 Å². The molecule has 0 spiro atoms. The minimum absolute atomic E-state index is 0.0302. The van der Waals surface area contributed by atoms with Crippen LogP contribution >= 0.6 is 0 Å². The van der Waals surface area contributed by atoms with E-state index < -0.39 is 5.69 Å². The fraction of sp³-hybridized carbons (Fsp3) is 0.111. The molecular weight excluding hydrogens is 308 g/mol. The Bertz CT molecular complexity index is 934. The van der Waals surface area contributed by atoms with Crippen LogP contribution in [-0.2, 0) is 0 Å². The predicted molar refractivity (Wildman–Crippen MR) is 90.5 cm³/mol. The van der Waals surface area contributed by atoms with Gasteiger partial charge in [-0.1, -0.05) is 12.1 Å². The highest BCUT2D eigenvalue weighted by atomic mass is 16.5. The van der Waals surface area contributed by atoms with Crippen molar-refractivity contribution in [2.75, 3.05) is 14.2 Å². The Morgan fingerprint density at radius 1 is 1.00 bits per heavy atom. The number of ether oxygens (including phenoxy) is 2. The number of methoxy groups -OCH3 is 2. The highest BCUT2D eigenvalue weighted by molar-refractivity contribution is 5.72. The van der Waals surface area contributed by atoms with E-state index in [1.165, 1.54) is 13.2 Å². The smallest absolute Gasteiger partial charge is 0.345 e. The molecule has 122 valence electrons. The lowest BCUT2D eigenvalue weighted by atomic mass is 10.1. The minimum atomic E-state index is -0.472. The number of H-pyrrole nitrogens is 1. The summed E-state index contributed by atoms with van der Waals surface area (Å²) in [5, 5.41) is 9.71. The summed E-state index contributed by atoms with van der Waals surface area (Å²) in [6.07, 6.45) is 0. The number of aromatic hydroxyl groups is 1. The maximum absolute atomic E-state index is 12.0. The first-order valence-electron chi connectivity index (χ1n) is 7.24. The third kappa shape index (κ3) is 2.94. The van der Waals surface area contributed by atoms with Gasteiger partial charge in [0.2, 0.25) is 0 Å². The van der Waals surface area contributed by atoms with E-state index in [2.05, 4.69) is 9.97 Å². The van der Waals surface area contributed by atoms with Crippen LogP contribution in [0.15, 0.2) is 53.3 Å². The van der Waals surface area contributed by atoms with E-state index in [9.17, 15) is 9.90 Å². The Morgan fingerprint density at radius 2 is 1.75 bits per heavy atom. The molecule has 0 aliphatic heterocycles. The lowest BCUT2D eigenvalue weighted by Gasteiger charge is -2.10. The van der Waals surface area contributed by atoms with E-state index in [4.69, 9.17) is 9.47 Å². The quantitative estimate of drug-likeness (QED) is 0.771. The molecule has 24 heavy (non-hydrogen) atoms. The van der Waals surface area contributed by atoms with Gasteiger partial charge in [-0.2, -0.15) is 4.98 Å². The molecule has 6 nitrogen and oxygen atoms in total. The molecule has 2 aromatic carbocycles. The Morgan fingerprint density at radius 3 is 2.50 bits per heavy atom. The SMILES string of the molecule is COc1cc(-c2cc(-c3ccccc3OC)nc(=O)[nH]2)ccc1O. The zero-order valence-electron chi connectivity index (χ0n) is 13.2. The van der Waals surface area contributed by atoms with E-state index in [1.54, 1.807) is 25.3 Å². The summed E-state index contributed by atoms with van der Waals surface area (Å²) in [5.41, 5.74) is 2.01. The number of aromatic nitrogens is 2. The summed E-state index contributed by atoms with van der Waals surface area (Å²) in [6.45, 7) is 0. The molecule has 0 fully saturated rings. The van der Waals surface area contributed by atoms with Crippen LogP contribution < -0.4 is 15.2 Å². The zero-order chi connectivity index (χ0) is 17.1. The van der Waals surface area contributed by atoms with Crippen molar-refractivity contribution < 1.29 is 14.6 Å². The summed E-state index contributed by atoms with van der Waals surface area (Å²) in [4.78, 5) is 18.7. The van der Waals surface area contributed by atoms with Crippen molar-refractivity contribution >= 4 is 0 Å². The first kappa shape index (κ1) is 15.6. The summed E-state index contributed by atoms with van der Waals surface area (Å²) >= 11 is 0. The highest BCUT2D eigenvalue weighted by Gasteiger charge is 2.11. The van der Waals surface area contributed by atoms with Crippen LogP contribution in [0.25, 0.3) is 22.5 Å². The van der Waals surface area contributed by atoms with Crippen molar-refractivity contribution in [3.05, 3.63) is 59.0 Å². The normalized spacial score (nSPS) is 10.4. The molecular formula is C18H16N2O4. The molecule has 0 saturated heterocycles. The van der Waals surface area contributed by atoms with Crippen molar-refractivity contribution in [3.8, 4) is 39.8 Å². The van der Waals surface area contributed by atoms with Crippen LogP contribution in [0.4, 0.5) is 0 Å². The summed E-state index contributed by atoms with van der Waals surface area (Å²) in [7, 11) is 3.03. The molecule has 0 aliphatic rings. The van der Waals surface area contributed by atoms with Crippen molar-refractivity contribution in [2.45, 2.75) is 0 Å². The average molecular weight is 324 g/mol. The van der Waals surface area contributed by atoms with Crippen LogP contribution in [0.5, 0.6) is 17.2 Å². The lowest BCUT2D eigenvalue weighted by Crippen LogP contribution is -2.12. The Labute approximate surface area is 138 Å². The topological polar surface area (TPSA) is 84.4 Å². The molecule has 0 unspecified atom stereocenters. The van der Waals surface area contributed by atoms with Crippen molar-refractivity contribution in [2.24, 2.45) is 0 Å². The number of nitrogens with zero attached hydrogens (tertiary/aromatic N) is 1. The predicted octanol–water partition coefficient (Wildman–Crippen LogP) is 2.83. The zero-order valence-corrected chi connectivity index (χ0v) is 13.2. The van der Waals surface area contributed by atoms with E-state index >= 15 is 0 Å². The van der Waals surface area contributed by atoms with Crippen LogP contribution in [0, 0.1) is 0 Å². The fourth-order valence-electron chi connectivity index (χ4n) is 2.45. The van der Waals surface area contributed by atoms with Gasteiger partial charge in [-0.15, -0.1) is 0 Å². The number of phenols is 1. The molecule has 3 rings (SSSR count). The second-order valence-electron chi connectivity index (χ2n) is 5.07. The third-order valence-corrected chi connectivity index (χ3v) is 3.62. The van der Waals surface area contributed by atoms with Gasteiger partial charge in [-0.3, -0.25) is 0 Å². The van der Waals surface area contributed by atoms with Gasteiger partial charge in [0.1, 0.15) is 5.75 Å². The van der Waals surface area contributed by atoms with Gasteiger partial charge in [0.05, 0.1) is 25.6 Å². The number of hydrogen-bond acceptors (Lipinski definition) is 5. The first-order valence-corrected chi connectivity index (χ1v) is 7.24. The van der Waals surface area contributed by atoms with E-state index in [1.807, 2.05) is 24.3 Å². The fourth-order valence-corrected chi connectivity index (χ4v) is 2.45. The summed E-state index contributed by atoms with van der Waals surface area (Å²) in [6, 6.07) is 13.9. The number of hydrogen-bond donors (Lipinski definition) is 2. The van der Waals surface area contributed by atoms with Crippen molar-refractivity contribution in [1.29, 1.82) is 0 Å². The van der Waals surface area contributed by atoms with Gasteiger partial charge in [0, 0.05) is 11.1 Å². The molecule has 0 atom stereocenters. The maximum Gasteiger partial charge on any atom is 0.345 e. The number of aromatic amines is 1. The van der Waals surface area contributed by atoms with Crippen LogP contribution in [0.2, 0.25) is 0 Å². The molecule has 0 radical (unpaired) electrons. The number of nitrogens with one attached hydrogen (secondary N) is 1. The van der Waals surface area contributed by atoms with Crippen LogP contribution in [0.1, 0.15) is 0 Å². The Hall–Kier alpha value is -3.28. The molecule has 0 aliphatic carbocycles. The number of phenolic OH excluding ortho intramolecular Hbond substituents is 1. The largest absolute Gasteiger partial charge is 0.504 e. The molecule has 1 aromatic heterocycles. The Kier molecular flexibility index (Phi) is 4.20. The summed E-state index contributed by atoms with van der Waals surface area (Å²) in [5.74, 6) is 0.983. The van der Waals surface area contributed by atoms with E-state index in [0.717, 1.165) is 5.56 Å². The van der Waals surface area contributed by atoms with Gasteiger partial charge in [-0.05, 0) is 36.4 Å². The molecule has 0 saturated carbocycles. The first-order chi connectivity index (χ1) is 11.6. The van der Waals surface area contributed by atoms with Gasteiger partial charge in [0.15, 0.2) is 11.5 Å². The van der Waals surface area contributed by atoms with Crippen LogP contribution in [0.3, 0.4) is 0 Å². The molecule has 6 heteroatoms. The minimum Gasteiger partial charge on any atom is -0.504 e. The average Bonchev–Trinajstić information content (AvgIpc) is 2.61. The standard InChI is InChI=1S/C18H16N2O4/c1-23-16-6-4-3-5-12(16)14-10-13(19-18(22)20-14)11-7-8-15(21)17(9-11)24-2/h3-10,21H,1-2H3,(H,19,20,22). The number of para-hydroxylation sites is 1. The van der Waals surface area contributed by atoms with E-state index in [-0.39, 0.29) is 5.75 Å². The van der Waals surface area contributed by atoms with Crippen molar-refractivity contribution in [1.82, 2.24) is 9.97 Å².